The molecule has 0 saturated heterocycles. The van der Waals surface area contributed by atoms with Gasteiger partial charge in [-0.25, -0.2) is 4.39 Å². The van der Waals surface area contributed by atoms with Gasteiger partial charge in [0, 0.05) is 5.56 Å². The minimum atomic E-state index is -0.353. The molecule has 0 bridgehead atoms. The Morgan fingerprint density at radius 2 is 2.00 bits per heavy atom. The Balaban J connectivity index is 2.23. The number of hydrogen-bond donors (Lipinski definition) is 1. The van der Waals surface area contributed by atoms with Gasteiger partial charge in [-0.15, -0.1) is 0 Å². The molecule has 0 aliphatic carbocycles. The number of hydrogen-bond acceptors (Lipinski definition) is 2. The van der Waals surface area contributed by atoms with E-state index in [4.69, 9.17) is 4.74 Å². The van der Waals surface area contributed by atoms with Gasteiger partial charge >= 0.3 is 0 Å². The zero-order valence-corrected chi connectivity index (χ0v) is 11.4. The van der Waals surface area contributed by atoms with Gasteiger partial charge in [-0.3, -0.25) is 4.79 Å². The molecule has 0 atom stereocenters. The van der Waals surface area contributed by atoms with Crippen LogP contribution < -0.4 is 10.1 Å². The van der Waals surface area contributed by atoms with Gasteiger partial charge in [0.2, 0.25) is 0 Å². The third-order valence-corrected chi connectivity index (χ3v) is 2.87. The normalized spacial score (nSPS) is 10.2. The van der Waals surface area contributed by atoms with E-state index in [1.54, 1.807) is 19.1 Å². The van der Waals surface area contributed by atoms with E-state index >= 15 is 0 Å². The Kier molecular flexibility index (Phi) is 4.35. The smallest absolute Gasteiger partial charge is 0.256 e. The second-order valence-corrected chi connectivity index (χ2v) is 4.34. The second kappa shape index (κ2) is 6.19. The molecule has 0 radical (unpaired) electrons. The van der Waals surface area contributed by atoms with Gasteiger partial charge in [-0.2, -0.15) is 0 Å². The molecule has 0 aromatic heterocycles. The molecule has 20 heavy (non-hydrogen) atoms. The molecule has 2 aromatic carbocycles. The highest BCUT2D eigenvalue weighted by Crippen LogP contribution is 2.24. The number of nitrogens with one attached hydrogen (secondary N) is 1. The van der Waals surface area contributed by atoms with E-state index in [0.717, 1.165) is 0 Å². The van der Waals surface area contributed by atoms with E-state index in [9.17, 15) is 9.18 Å². The molecule has 0 saturated carbocycles. The van der Waals surface area contributed by atoms with E-state index in [1.807, 2.05) is 19.1 Å². The van der Waals surface area contributed by atoms with E-state index in [0.29, 0.717) is 29.2 Å². The summed E-state index contributed by atoms with van der Waals surface area (Å²) >= 11 is 0. The molecule has 0 aliphatic rings. The van der Waals surface area contributed by atoms with E-state index in [2.05, 4.69) is 5.32 Å². The number of anilines is 1. The molecule has 3 nitrogen and oxygen atoms in total. The first-order valence-electron chi connectivity index (χ1n) is 6.41. The first-order valence-corrected chi connectivity index (χ1v) is 6.41. The Morgan fingerprint density at radius 1 is 1.25 bits per heavy atom. The molecule has 104 valence electrons. The molecule has 0 unspecified atom stereocenters. The molecule has 0 aliphatic heterocycles. The van der Waals surface area contributed by atoms with Gasteiger partial charge in [0.05, 0.1) is 12.3 Å². The monoisotopic (exact) mass is 273 g/mol. The number of carbonyl (C=O) groups is 1. The highest BCUT2D eigenvalue weighted by molar-refractivity contribution is 6.05. The summed E-state index contributed by atoms with van der Waals surface area (Å²) in [6.07, 6.45) is 0. The molecular weight excluding hydrogens is 257 g/mol. The van der Waals surface area contributed by atoms with Crippen molar-refractivity contribution < 1.29 is 13.9 Å². The van der Waals surface area contributed by atoms with E-state index in [1.165, 1.54) is 18.2 Å². The lowest BCUT2D eigenvalue weighted by Gasteiger charge is -2.12. The number of ether oxygens (including phenoxy) is 1. The van der Waals surface area contributed by atoms with E-state index < -0.39 is 0 Å². The minimum absolute atomic E-state index is 0.283. The number of carbonyl (C=O) groups excluding carboxylic acids is 1. The van der Waals surface area contributed by atoms with Crippen molar-refractivity contribution in [2.75, 3.05) is 11.9 Å². The van der Waals surface area contributed by atoms with Crippen molar-refractivity contribution in [1.29, 1.82) is 0 Å². The van der Waals surface area contributed by atoms with Crippen molar-refractivity contribution in [2.45, 2.75) is 13.8 Å². The maximum absolute atomic E-state index is 13.1. The summed E-state index contributed by atoms with van der Waals surface area (Å²) in [5, 5.41) is 2.79. The van der Waals surface area contributed by atoms with Crippen LogP contribution in [0.2, 0.25) is 0 Å². The lowest BCUT2D eigenvalue weighted by molar-refractivity contribution is 0.102. The third-order valence-electron chi connectivity index (χ3n) is 2.87. The predicted octanol–water partition coefficient (Wildman–Crippen LogP) is 3.79. The Morgan fingerprint density at radius 3 is 2.70 bits per heavy atom. The SMILES string of the molecule is CCOc1ccccc1NC(=O)c1ccc(F)cc1C. The number of aryl methyl sites for hydroxylation is 1. The van der Waals surface area contributed by atoms with Gasteiger partial charge in [0.15, 0.2) is 0 Å². The maximum Gasteiger partial charge on any atom is 0.256 e. The quantitative estimate of drug-likeness (QED) is 0.920. The van der Waals surface area contributed by atoms with Gasteiger partial charge in [-0.05, 0) is 49.7 Å². The summed E-state index contributed by atoms with van der Waals surface area (Å²) < 4.78 is 18.5. The van der Waals surface area contributed by atoms with Crippen LogP contribution in [0.4, 0.5) is 10.1 Å². The molecule has 2 rings (SSSR count). The molecule has 0 spiro atoms. The topological polar surface area (TPSA) is 38.3 Å². The average molecular weight is 273 g/mol. The van der Waals surface area contributed by atoms with Crippen LogP contribution in [0.1, 0.15) is 22.8 Å². The molecule has 4 heteroatoms. The molecule has 2 aromatic rings. The lowest BCUT2D eigenvalue weighted by atomic mass is 10.1. The molecule has 1 amide bonds. The summed E-state index contributed by atoms with van der Waals surface area (Å²) in [6, 6.07) is 11.3. The largest absolute Gasteiger partial charge is 0.492 e. The summed E-state index contributed by atoms with van der Waals surface area (Å²) in [5.74, 6) is -0.0217. The van der Waals surface area contributed by atoms with Crippen LogP contribution in [0.15, 0.2) is 42.5 Å². The molecule has 1 N–H and O–H groups in total. The first-order chi connectivity index (χ1) is 9.61. The Bertz CT molecular complexity index is 626. The Hall–Kier alpha value is -2.36. The van der Waals surface area contributed by atoms with Gasteiger partial charge in [0.25, 0.3) is 5.91 Å². The summed E-state index contributed by atoms with van der Waals surface area (Å²) in [6.45, 7) is 4.09. The fourth-order valence-corrected chi connectivity index (χ4v) is 1.92. The number of amides is 1. The van der Waals surface area contributed by atoms with Gasteiger partial charge in [0.1, 0.15) is 11.6 Å². The van der Waals surface area contributed by atoms with Crippen LogP contribution in [0.5, 0.6) is 5.75 Å². The van der Waals surface area contributed by atoms with Crippen molar-refractivity contribution in [3.05, 3.63) is 59.4 Å². The molecule has 0 heterocycles. The first kappa shape index (κ1) is 14.1. The van der Waals surface area contributed by atoms with Crippen molar-refractivity contribution in [3.8, 4) is 5.75 Å². The number of halogens is 1. The summed E-state index contributed by atoms with van der Waals surface area (Å²) in [5.41, 5.74) is 1.64. The Labute approximate surface area is 117 Å². The average Bonchev–Trinajstić information content (AvgIpc) is 2.41. The zero-order chi connectivity index (χ0) is 14.5. The standard InChI is InChI=1S/C16H16FNO2/c1-3-20-15-7-5-4-6-14(15)18-16(19)13-9-8-12(17)10-11(13)2/h4-10H,3H2,1-2H3,(H,18,19). The number of para-hydroxylation sites is 2. The minimum Gasteiger partial charge on any atom is -0.492 e. The van der Waals surface area contributed by atoms with Gasteiger partial charge < -0.3 is 10.1 Å². The molecular formula is C16H16FNO2. The predicted molar refractivity (Wildman–Crippen MR) is 76.7 cm³/mol. The van der Waals surface area contributed by atoms with E-state index in [-0.39, 0.29) is 11.7 Å². The summed E-state index contributed by atoms with van der Waals surface area (Å²) in [7, 11) is 0. The fourth-order valence-electron chi connectivity index (χ4n) is 1.92. The zero-order valence-electron chi connectivity index (χ0n) is 11.4. The number of rotatable bonds is 4. The summed E-state index contributed by atoms with van der Waals surface area (Å²) in [4.78, 5) is 12.2. The highest BCUT2D eigenvalue weighted by Gasteiger charge is 2.12. The van der Waals surface area contributed by atoms with Gasteiger partial charge in [-0.1, -0.05) is 12.1 Å². The van der Waals surface area contributed by atoms with Crippen molar-refractivity contribution in [3.63, 3.8) is 0 Å². The van der Waals surface area contributed by atoms with Crippen LogP contribution in [-0.4, -0.2) is 12.5 Å². The maximum atomic E-state index is 13.1. The number of benzene rings is 2. The second-order valence-electron chi connectivity index (χ2n) is 4.34. The fraction of sp³-hybridized carbons (Fsp3) is 0.188. The molecule has 0 fully saturated rings. The van der Waals surface area contributed by atoms with Crippen molar-refractivity contribution in [1.82, 2.24) is 0 Å². The van der Waals surface area contributed by atoms with Crippen LogP contribution >= 0.6 is 0 Å². The third kappa shape index (κ3) is 3.15. The van der Waals surface area contributed by atoms with Crippen molar-refractivity contribution in [2.24, 2.45) is 0 Å². The van der Waals surface area contributed by atoms with Crippen LogP contribution in [0.3, 0.4) is 0 Å². The van der Waals surface area contributed by atoms with Crippen LogP contribution in [-0.2, 0) is 0 Å². The highest BCUT2D eigenvalue weighted by atomic mass is 19.1. The lowest BCUT2D eigenvalue weighted by Crippen LogP contribution is -2.14. The van der Waals surface area contributed by atoms with Crippen LogP contribution in [0, 0.1) is 12.7 Å². The van der Waals surface area contributed by atoms with Crippen LogP contribution in [0.25, 0.3) is 0 Å². The van der Waals surface area contributed by atoms with Crippen molar-refractivity contribution >= 4 is 11.6 Å².